The second-order valence-electron chi connectivity index (χ2n) is 5.46. The Morgan fingerprint density at radius 3 is 2.52 bits per heavy atom. The molecule has 2 rings (SSSR count). The number of nitrogens with two attached hydrogens (primary N) is 1. The van der Waals surface area contributed by atoms with Crippen LogP contribution in [0.15, 0.2) is 24.3 Å². The molecule has 0 aliphatic rings. The maximum absolute atomic E-state index is 13.0. The summed E-state index contributed by atoms with van der Waals surface area (Å²) in [6.07, 6.45) is 0.718. The van der Waals surface area contributed by atoms with Crippen molar-refractivity contribution in [1.82, 2.24) is 15.1 Å². The third-order valence-electron chi connectivity index (χ3n) is 3.47. The number of carbonyl (C=O) groups excluding carboxylic acids is 1. The molecule has 0 aliphatic carbocycles. The number of aromatic nitrogens is 2. The van der Waals surface area contributed by atoms with Gasteiger partial charge in [0.05, 0.1) is 22.6 Å². The lowest BCUT2D eigenvalue weighted by Gasteiger charge is -2.08. The molecule has 1 amide bonds. The SMILES string of the molecule is Cc1nn(-c2ccc(F)cc2)c(C)c1C(=O)NCCC(C)N.Cl. The maximum atomic E-state index is 13.0. The van der Waals surface area contributed by atoms with Gasteiger partial charge in [0.25, 0.3) is 5.91 Å². The largest absolute Gasteiger partial charge is 0.352 e. The molecule has 0 saturated carbocycles. The first-order valence-electron chi connectivity index (χ1n) is 7.26. The zero-order valence-electron chi connectivity index (χ0n) is 13.5. The second kappa shape index (κ2) is 8.08. The summed E-state index contributed by atoms with van der Waals surface area (Å²) in [6.45, 7) is 6.03. The fraction of sp³-hybridized carbons (Fsp3) is 0.375. The highest BCUT2D eigenvalue weighted by molar-refractivity contribution is 5.96. The average molecular weight is 341 g/mol. The van der Waals surface area contributed by atoms with Crippen molar-refractivity contribution in [3.8, 4) is 5.69 Å². The highest BCUT2D eigenvalue weighted by atomic mass is 35.5. The van der Waals surface area contributed by atoms with E-state index in [1.54, 1.807) is 23.7 Å². The molecular weight excluding hydrogens is 319 g/mol. The number of aryl methyl sites for hydroxylation is 1. The number of hydrogen-bond donors (Lipinski definition) is 2. The third-order valence-corrected chi connectivity index (χ3v) is 3.47. The van der Waals surface area contributed by atoms with Crippen LogP contribution in [0.1, 0.15) is 35.1 Å². The van der Waals surface area contributed by atoms with Crippen molar-refractivity contribution in [3.05, 3.63) is 47.0 Å². The number of rotatable bonds is 5. The molecule has 1 atom stereocenters. The Morgan fingerprint density at radius 2 is 1.96 bits per heavy atom. The molecule has 0 saturated heterocycles. The Hall–Kier alpha value is -1.92. The van der Waals surface area contributed by atoms with Crippen LogP contribution in [0, 0.1) is 19.7 Å². The lowest BCUT2D eigenvalue weighted by atomic mass is 10.1. The van der Waals surface area contributed by atoms with Crippen molar-refractivity contribution in [1.29, 1.82) is 0 Å². The standard InChI is InChI=1S/C16H21FN4O.ClH/c1-10(18)8-9-19-16(22)15-11(2)20-21(12(15)3)14-6-4-13(17)5-7-14;/h4-7,10H,8-9,18H2,1-3H3,(H,19,22);1H. The lowest BCUT2D eigenvalue weighted by Crippen LogP contribution is -2.29. The van der Waals surface area contributed by atoms with E-state index in [1.165, 1.54) is 12.1 Å². The molecule has 1 aromatic heterocycles. The number of halogens is 2. The predicted molar refractivity (Wildman–Crippen MR) is 90.8 cm³/mol. The molecule has 23 heavy (non-hydrogen) atoms. The van der Waals surface area contributed by atoms with Gasteiger partial charge in [-0.15, -0.1) is 12.4 Å². The van der Waals surface area contributed by atoms with E-state index < -0.39 is 0 Å². The zero-order valence-corrected chi connectivity index (χ0v) is 14.3. The molecule has 1 heterocycles. The number of amides is 1. The van der Waals surface area contributed by atoms with Crippen molar-refractivity contribution in [2.24, 2.45) is 5.73 Å². The Balaban J connectivity index is 0.00000264. The molecule has 2 aromatic rings. The van der Waals surface area contributed by atoms with E-state index in [9.17, 15) is 9.18 Å². The minimum Gasteiger partial charge on any atom is -0.352 e. The summed E-state index contributed by atoms with van der Waals surface area (Å²) in [4.78, 5) is 12.3. The van der Waals surface area contributed by atoms with Crippen molar-refractivity contribution in [2.45, 2.75) is 33.2 Å². The first kappa shape index (κ1) is 19.1. The number of carbonyl (C=O) groups is 1. The van der Waals surface area contributed by atoms with Gasteiger partial charge in [-0.25, -0.2) is 9.07 Å². The van der Waals surface area contributed by atoms with E-state index in [2.05, 4.69) is 10.4 Å². The molecule has 3 N–H and O–H groups in total. The van der Waals surface area contributed by atoms with E-state index in [0.717, 1.165) is 17.8 Å². The van der Waals surface area contributed by atoms with Crippen molar-refractivity contribution in [3.63, 3.8) is 0 Å². The highest BCUT2D eigenvalue weighted by Crippen LogP contribution is 2.18. The molecule has 7 heteroatoms. The van der Waals surface area contributed by atoms with Crippen LogP contribution in [0.4, 0.5) is 4.39 Å². The molecule has 0 fully saturated rings. The lowest BCUT2D eigenvalue weighted by molar-refractivity contribution is 0.0951. The van der Waals surface area contributed by atoms with Gasteiger partial charge >= 0.3 is 0 Å². The minimum atomic E-state index is -0.306. The van der Waals surface area contributed by atoms with Crippen LogP contribution in [0.2, 0.25) is 0 Å². The summed E-state index contributed by atoms with van der Waals surface area (Å²) < 4.78 is 14.7. The van der Waals surface area contributed by atoms with E-state index in [-0.39, 0.29) is 30.2 Å². The van der Waals surface area contributed by atoms with Crippen molar-refractivity contribution >= 4 is 18.3 Å². The van der Waals surface area contributed by atoms with Gasteiger partial charge in [0.1, 0.15) is 5.82 Å². The van der Waals surface area contributed by atoms with E-state index in [0.29, 0.717) is 17.8 Å². The predicted octanol–water partition coefficient (Wildman–Crippen LogP) is 2.52. The van der Waals surface area contributed by atoms with E-state index >= 15 is 0 Å². The summed E-state index contributed by atoms with van der Waals surface area (Å²) in [5.41, 5.74) is 8.30. The molecule has 1 unspecified atom stereocenters. The molecule has 0 aliphatic heterocycles. The minimum absolute atomic E-state index is 0. The van der Waals surface area contributed by atoms with Crippen molar-refractivity contribution in [2.75, 3.05) is 6.54 Å². The molecule has 1 aromatic carbocycles. The van der Waals surface area contributed by atoms with Crippen LogP contribution < -0.4 is 11.1 Å². The molecule has 0 spiro atoms. The summed E-state index contributed by atoms with van der Waals surface area (Å²) in [5, 5.41) is 7.24. The smallest absolute Gasteiger partial charge is 0.255 e. The molecule has 5 nitrogen and oxygen atoms in total. The van der Waals surface area contributed by atoms with Gasteiger partial charge < -0.3 is 11.1 Å². The first-order valence-corrected chi connectivity index (χ1v) is 7.26. The van der Waals surface area contributed by atoms with Gasteiger partial charge in [0, 0.05) is 12.6 Å². The Kier molecular flexibility index (Phi) is 6.72. The van der Waals surface area contributed by atoms with Gasteiger partial charge in [-0.05, 0) is 51.5 Å². The van der Waals surface area contributed by atoms with Gasteiger partial charge in [-0.1, -0.05) is 0 Å². The monoisotopic (exact) mass is 340 g/mol. The summed E-state index contributed by atoms with van der Waals surface area (Å²) >= 11 is 0. The highest BCUT2D eigenvalue weighted by Gasteiger charge is 2.19. The number of nitrogens with zero attached hydrogens (tertiary/aromatic N) is 2. The fourth-order valence-corrected chi connectivity index (χ4v) is 2.31. The number of benzene rings is 1. The van der Waals surface area contributed by atoms with E-state index in [4.69, 9.17) is 5.73 Å². The quantitative estimate of drug-likeness (QED) is 0.878. The Bertz CT molecular complexity index is 667. The summed E-state index contributed by atoms with van der Waals surface area (Å²) in [6, 6.07) is 6.05. The number of nitrogens with one attached hydrogen (secondary N) is 1. The normalized spacial score (nSPS) is 11.7. The topological polar surface area (TPSA) is 72.9 Å². The number of hydrogen-bond acceptors (Lipinski definition) is 3. The van der Waals surface area contributed by atoms with Gasteiger partial charge in [-0.2, -0.15) is 5.10 Å². The van der Waals surface area contributed by atoms with Crippen LogP contribution >= 0.6 is 12.4 Å². The summed E-state index contributed by atoms with van der Waals surface area (Å²) in [7, 11) is 0. The van der Waals surface area contributed by atoms with Gasteiger partial charge in [0.2, 0.25) is 0 Å². The van der Waals surface area contributed by atoms with Crippen molar-refractivity contribution < 1.29 is 9.18 Å². The zero-order chi connectivity index (χ0) is 16.3. The maximum Gasteiger partial charge on any atom is 0.255 e. The summed E-state index contributed by atoms with van der Waals surface area (Å²) in [5.74, 6) is -0.469. The van der Waals surface area contributed by atoms with Crippen LogP contribution in [0.5, 0.6) is 0 Å². The second-order valence-corrected chi connectivity index (χ2v) is 5.46. The van der Waals surface area contributed by atoms with Crippen LogP contribution in [-0.2, 0) is 0 Å². The van der Waals surface area contributed by atoms with Gasteiger partial charge in [-0.3, -0.25) is 4.79 Å². The van der Waals surface area contributed by atoms with Crippen LogP contribution in [-0.4, -0.2) is 28.3 Å². The van der Waals surface area contributed by atoms with E-state index in [1.807, 2.05) is 13.8 Å². The van der Waals surface area contributed by atoms with Crippen LogP contribution in [0.25, 0.3) is 5.69 Å². The van der Waals surface area contributed by atoms with Crippen LogP contribution in [0.3, 0.4) is 0 Å². The molecule has 0 radical (unpaired) electrons. The van der Waals surface area contributed by atoms with Gasteiger partial charge in [0.15, 0.2) is 0 Å². The fourth-order valence-electron chi connectivity index (χ4n) is 2.31. The Labute approximate surface area is 141 Å². The first-order chi connectivity index (χ1) is 10.4. The molecule has 126 valence electrons. The average Bonchev–Trinajstić information content (AvgIpc) is 2.74. The molecular formula is C16H22ClFN4O. The third kappa shape index (κ3) is 4.53. The Morgan fingerprint density at radius 1 is 1.35 bits per heavy atom. The molecule has 0 bridgehead atoms.